The Morgan fingerprint density at radius 2 is 1.62 bits per heavy atom. The molecule has 34 heavy (non-hydrogen) atoms. The third kappa shape index (κ3) is 5.48. The topological polar surface area (TPSA) is 104 Å². The molecule has 8 nitrogen and oxygen atoms in total. The van der Waals surface area contributed by atoms with Crippen LogP contribution in [0.1, 0.15) is 68.2 Å². The van der Waals surface area contributed by atoms with Crippen LogP contribution in [0.15, 0.2) is 40.8 Å². The lowest BCUT2D eigenvalue weighted by molar-refractivity contribution is 0.0601. The quantitative estimate of drug-likeness (QED) is 0.450. The molecule has 0 radical (unpaired) electrons. The highest BCUT2D eigenvalue weighted by Gasteiger charge is 2.27. The lowest BCUT2D eigenvalue weighted by Crippen LogP contribution is -2.13. The molecule has 3 rings (SSSR count). The fourth-order valence-electron chi connectivity index (χ4n) is 3.18. The number of nitrogens with one attached hydrogen (secondary N) is 1. The minimum Gasteiger partial charge on any atom is -0.486 e. The highest BCUT2D eigenvalue weighted by molar-refractivity contribution is 7.18. The van der Waals surface area contributed by atoms with Gasteiger partial charge in [-0.15, -0.1) is 11.3 Å². The molecular formula is C25H27NO7S. The zero-order chi connectivity index (χ0) is 25.0. The van der Waals surface area contributed by atoms with E-state index in [1.54, 1.807) is 13.0 Å². The zero-order valence-electron chi connectivity index (χ0n) is 19.9. The number of esters is 2. The Kier molecular flexibility index (Phi) is 7.46. The number of carbonyl (C=O) groups is 3. The van der Waals surface area contributed by atoms with Crippen LogP contribution in [-0.2, 0) is 21.5 Å². The van der Waals surface area contributed by atoms with E-state index in [1.165, 1.54) is 25.8 Å². The van der Waals surface area contributed by atoms with E-state index in [4.69, 9.17) is 18.6 Å². The molecule has 0 fully saturated rings. The van der Waals surface area contributed by atoms with E-state index < -0.39 is 17.8 Å². The molecule has 0 aliphatic carbocycles. The smallest absolute Gasteiger partial charge is 0.348 e. The van der Waals surface area contributed by atoms with Crippen LogP contribution in [0.5, 0.6) is 5.75 Å². The van der Waals surface area contributed by atoms with Gasteiger partial charge in [0.25, 0.3) is 5.91 Å². The summed E-state index contributed by atoms with van der Waals surface area (Å²) in [6.45, 7) is 8.14. The van der Waals surface area contributed by atoms with Gasteiger partial charge in [0.1, 0.15) is 28.0 Å². The molecule has 0 unspecified atom stereocenters. The molecule has 2 heterocycles. The molecular weight excluding hydrogens is 458 g/mol. The molecule has 0 spiro atoms. The predicted octanol–water partition coefficient (Wildman–Crippen LogP) is 5.35. The number of thiophene rings is 1. The van der Waals surface area contributed by atoms with Gasteiger partial charge in [-0.05, 0) is 47.7 Å². The maximum Gasteiger partial charge on any atom is 0.348 e. The van der Waals surface area contributed by atoms with E-state index in [0.29, 0.717) is 17.1 Å². The highest BCUT2D eigenvalue weighted by Crippen LogP contribution is 2.34. The van der Waals surface area contributed by atoms with Crippen molar-refractivity contribution in [3.8, 4) is 5.75 Å². The lowest BCUT2D eigenvalue weighted by atomic mass is 9.87. The molecule has 2 aromatic heterocycles. The summed E-state index contributed by atoms with van der Waals surface area (Å²) in [6, 6.07) is 11.0. The average molecular weight is 486 g/mol. The van der Waals surface area contributed by atoms with Crippen molar-refractivity contribution in [3.63, 3.8) is 0 Å². The van der Waals surface area contributed by atoms with Crippen molar-refractivity contribution in [1.29, 1.82) is 0 Å². The minimum atomic E-state index is -0.676. The van der Waals surface area contributed by atoms with Crippen LogP contribution in [0.25, 0.3) is 0 Å². The van der Waals surface area contributed by atoms with Gasteiger partial charge in [0, 0.05) is 0 Å². The summed E-state index contributed by atoms with van der Waals surface area (Å²) in [5.41, 5.74) is 1.70. The summed E-state index contributed by atoms with van der Waals surface area (Å²) in [5.74, 6) is -0.698. The standard InChI is InChI=1S/C25H27NO7S/c1-14-19(23(28)30-5)22(34-20(14)24(29)31-6)26-21(27)18-12-11-17(33-18)13-32-16-9-7-15(8-10-16)25(2,3)4/h7-12H,13H2,1-6H3,(H,26,27). The van der Waals surface area contributed by atoms with Gasteiger partial charge in [-0.3, -0.25) is 4.79 Å². The predicted molar refractivity (Wildman–Crippen MR) is 128 cm³/mol. The number of benzene rings is 1. The summed E-state index contributed by atoms with van der Waals surface area (Å²) in [6.07, 6.45) is 0. The van der Waals surface area contributed by atoms with Crippen molar-refractivity contribution in [2.24, 2.45) is 0 Å². The van der Waals surface area contributed by atoms with Gasteiger partial charge in [0.2, 0.25) is 0 Å². The second-order valence-electron chi connectivity index (χ2n) is 8.53. The fraction of sp³-hybridized carbons (Fsp3) is 0.320. The van der Waals surface area contributed by atoms with Gasteiger partial charge >= 0.3 is 11.9 Å². The van der Waals surface area contributed by atoms with Crippen LogP contribution in [0, 0.1) is 6.92 Å². The van der Waals surface area contributed by atoms with Crippen molar-refractivity contribution in [2.75, 3.05) is 19.5 Å². The van der Waals surface area contributed by atoms with Gasteiger partial charge in [0.05, 0.1) is 19.8 Å². The SMILES string of the molecule is COC(=O)c1sc(NC(=O)c2ccc(COc3ccc(C(C)(C)C)cc3)o2)c(C(=O)OC)c1C. The summed E-state index contributed by atoms with van der Waals surface area (Å²) in [4.78, 5) is 37.2. The van der Waals surface area contributed by atoms with E-state index in [1.807, 2.05) is 24.3 Å². The van der Waals surface area contributed by atoms with Crippen molar-refractivity contribution in [3.05, 3.63) is 69.5 Å². The van der Waals surface area contributed by atoms with Gasteiger partial charge in [-0.1, -0.05) is 32.9 Å². The van der Waals surface area contributed by atoms with Crippen LogP contribution < -0.4 is 10.1 Å². The third-order valence-corrected chi connectivity index (χ3v) is 6.31. The molecule has 1 aromatic carbocycles. The zero-order valence-corrected chi connectivity index (χ0v) is 20.8. The number of furan rings is 1. The van der Waals surface area contributed by atoms with E-state index in [-0.39, 0.29) is 33.2 Å². The Balaban J connectivity index is 1.71. The van der Waals surface area contributed by atoms with Crippen LogP contribution in [0.3, 0.4) is 0 Å². The van der Waals surface area contributed by atoms with Crippen molar-refractivity contribution in [1.82, 2.24) is 0 Å². The third-order valence-electron chi connectivity index (χ3n) is 5.12. The number of ether oxygens (including phenoxy) is 3. The van der Waals surface area contributed by atoms with Crippen molar-refractivity contribution in [2.45, 2.75) is 39.7 Å². The van der Waals surface area contributed by atoms with Crippen LogP contribution >= 0.6 is 11.3 Å². The first-order chi connectivity index (χ1) is 16.0. The molecule has 0 aliphatic heterocycles. The molecule has 1 amide bonds. The maximum atomic E-state index is 12.7. The second kappa shape index (κ2) is 10.1. The average Bonchev–Trinajstić information content (AvgIpc) is 3.41. The van der Waals surface area contributed by atoms with Gasteiger partial charge in [0.15, 0.2) is 5.76 Å². The fourth-order valence-corrected chi connectivity index (χ4v) is 4.29. The van der Waals surface area contributed by atoms with Crippen molar-refractivity contribution >= 4 is 34.2 Å². The van der Waals surface area contributed by atoms with E-state index in [0.717, 1.165) is 11.3 Å². The molecule has 0 atom stereocenters. The van der Waals surface area contributed by atoms with E-state index in [9.17, 15) is 14.4 Å². The second-order valence-corrected chi connectivity index (χ2v) is 9.55. The normalized spacial score (nSPS) is 11.1. The molecule has 180 valence electrons. The molecule has 9 heteroatoms. The molecule has 0 saturated heterocycles. The number of carbonyl (C=O) groups excluding carboxylic acids is 3. The first-order valence-corrected chi connectivity index (χ1v) is 11.3. The summed E-state index contributed by atoms with van der Waals surface area (Å²) < 4.78 is 20.9. The number of hydrogen-bond acceptors (Lipinski definition) is 8. The largest absolute Gasteiger partial charge is 0.486 e. The van der Waals surface area contributed by atoms with Gasteiger partial charge in [-0.2, -0.15) is 0 Å². The summed E-state index contributed by atoms with van der Waals surface area (Å²) in [7, 11) is 2.46. The highest BCUT2D eigenvalue weighted by atomic mass is 32.1. The molecule has 0 saturated carbocycles. The van der Waals surface area contributed by atoms with Crippen LogP contribution in [-0.4, -0.2) is 32.1 Å². The monoisotopic (exact) mass is 485 g/mol. The molecule has 3 aromatic rings. The number of methoxy groups -OCH3 is 2. The minimum absolute atomic E-state index is 0.0307. The van der Waals surface area contributed by atoms with Crippen LogP contribution in [0.2, 0.25) is 0 Å². The maximum absolute atomic E-state index is 12.7. The van der Waals surface area contributed by atoms with Crippen molar-refractivity contribution < 1.29 is 33.0 Å². The Bertz CT molecular complexity index is 1200. The first kappa shape index (κ1) is 25.0. The lowest BCUT2D eigenvalue weighted by Gasteiger charge is -2.19. The van der Waals surface area contributed by atoms with Crippen LogP contribution in [0.4, 0.5) is 5.00 Å². The first-order valence-electron chi connectivity index (χ1n) is 10.5. The molecule has 0 aliphatic rings. The number of rotatable bonds is 7. The Hall–Kier alpha value is -3.59. The van der Waals surface area contributed by atoms with E-state index in [2.05, 4.69) is 26.1 Å². The molecule has 1 N–H and O–H groups in total. The number of hydrogen-bond donors (Lipinski definition) is 1. The van der Waals surface area contributed by atoms with Gasteiger partial charge < -0.3 is 23.9 Å². The Morgan fingerprint density at radius 1 is 0.971 bits per heavy atom. The molecule has 0 bridgehead atoms. The summed E-state index contributed by atoms with van der Waals surface area (Å²) in [5, 5.41) is 2.80. The number of amides is 1. The summed E-state index contributed by atoms with van der Waals surface area (Å²) >= 11 is 0.929. The van der Waals surface area contributed by atoms with E-state index >= 15 is 0 Å². The van der Waals surface area contributed by atoms with Gasteiger partial charge in [-0.25, -0.2) is 9.59 Å². The number of anilines is 1. The Morgan fingerprint density at radius 3 is 2.21 bits per heavy atom. The Labute approximate surface area is 201 Å².